The highest BCUT2D eigenvalue weighted by Gasteiger charge is 2.45. The highest BCUT2D eigenvalue weighted by molar-refractivity contribution is 5.69. The van der Waals surface area contributed by atoms with Gasteiger partial charge in [-0.25, -0.2) is 10.6 Å². The van der Waals surface area contributed by atoms with E-state index in [9.17, 15) is 4.79 Å². The fraction of sp³-hybridized carbons (Fsp3) is 0.583. The minimum atomic E-state index is -0.334. The van der Waals surface area contributed by atoms with Gasteiger partial charge in [-0.15, -0.1) is 0 Å². The smallest absolute Gasteiger partial charge is 0.410 e. The third-order valence-electron chi connectivity index (χ3n) is 6.55. The number of ether oxygens (including phenoxy) is 2. The second kappa shape index (κ2) is 9.81. The molecule has 0 spiro atoms. The predicted molar refractivity (Wildman–Crippen MR) is 123 cm³/mol. The Morgan fingerprint density at radius 3 is 2.41 bits per heavy atom. The molecule has 0 radical (unpaired) electrons. The number of aromatic nitrogens is 1. The van der Waals surface area contributed by atoms with Crippen LogP contribution in [0.4, 0.5) is 4.79 Å². The Labute approximate surface area is 190 Å². The highest BCUT2D eigenvalue weighted by atomic mass is 16.6. The fourth-order valence-corrected chi connectivity index (χ4v) is 4.44. The Bertz CT molecular complexity index is 847. The quantitative estimate of drug-likeness (QED) is 0.344. The van der Waals surface area contributed by atoms with E-state index in [0.29, 0.717) is 34.7 Å². The Kier molecular flexibility index (Phi) is 6.89. The van der Waals surface area contributed by atoms with Gasteiger partial charge in [-0.3, -0.25) is 4.98 Å². The molecule has 1 atom stereocenters. The summed E-state index contributed by atoms with van der Waals surface area (Å²) in [4.78, 5) is 18.9. The number of pyridine rings is 1. The van der Waals surface area contributed by atoms with Gasteiger partial charge in [-0.2, -0.15) is 0 Å². The third kappa shape index (κ3) is 5.54. The van der Waals surface area contributed by atoms with Gasteiger partial charge in [0.2, 0.25) is 0 Å². The van der Waals surface area contributed by atoms with E-state index in [-0.39, 0.29) is 24.8 Å². The van der Waals surface area contributed by atoms with E-state index in [1.54, 1.807) is 24.2 Å². The van der Waals surface area contributed by atoms with Gasteiger partial charge in [0.05, 0.1) is 23.3 Å². The van der Waals surface area contributed by atoms with Crippen LogP contribution >= 0.6 is 0 Å². The predicted octanol–water partition coefficient (Wildman–Crippen LogP) is 3.26. The largest absolute Gasteiger partial charge is 0.488 e. The number of hydrazine groups is 1. The van der Waals surface area contributed by atoms with Crippen molar-refractivity contribution in [1.29, 1.82) is 0 Å². The lowest BCUT2D eigenvalue weighted by atomic mass is 10.0. The maximum Gasteiger partial charge on any atom is 0.410 e. The second-order valence-corrected chi connectivity index (χ2v) is 9.21. The molecule has 1 amide bonds. The van der Waals surface area contributed by atoms with Crippen LogP contribution in [0.5, 0.6) is 5.75 Å². The molecule has 1 aromatic rings. The second-order valence-electron chi connectivity index (χ2n) is 9.21. The molecule has 2 saturated carbocycles. The average molecular weight is 442 g/mol. The van der Waals surface area contributed by atoms with Crippen molar-refractivity contribution in [2.24, 2.45) is 23.4 Å². The summed E-state index contributed by atoms with van der Waals surface area (Å²) in [5.41, 5.74) is 7.79. The standard InChI is InChI=1S/C24H35N5O3/c1-28(23(16-8-9-16)17-10-11-17)24(30)31-15-21(29(2)26)22(25)20-13-12-19(14-27-20)32-18-6-4-3-5-7-18/h3-4,12-14,16-18,23H,5-11,15,25-26H2,1-2H3/b22-21-. The molecule has 32 heavy (non-hydrogen) atoms. The van der Waals surface area contributed by atoms with E-state index in [2.05, 4.69) is 17.1 Å². The number of rotatable bonds is 9. The summed E-state index contributed by atoms with van der Waals surface area (Å²) >= 11 is 0. The van der Waals surface area contributed by atoms with Gasteiger partial charge in [-0.1, -0.05) is 12.2 Å². The summed E-state index contributed by atoms with van der Waals surface area (Å²) in [6.45, 7) is -0.0155. The van der Waals surface area contributed by atoms with Crippen LogP contribution in [0.2, 0.25) is 0 Å². The Morgan fingerprint density at radius 1 is 1.16 bits per heavy atom. The van der Waals surface area contributed by atoms with Gasteiger partial charge in [0.1, 0.15) is 18.5 Å². The Morgan fingerprint density at radius 2 is 1.88 bits per heavy atom. The molecule has 174 valence electrons. The van der Waals surface area contributed by atoms with Gasteiger partial charge in [-0.05, 0) is 62.5 Å². The van der Waals surface area contributed by atoms with Crippen molar-refractivity contribution >= 4 is 11.8 Å². The maximum atomic E-state index is 12.7. The zero-order valence-electron chi connectivity index (χ0n) is 19.1. The monoisotopic (exact) mass is 441 g/mol. The number of amides is 1. The maximum absolute atomic E-state index is 12.7. The van der Waals surface area contributed by atoms with Crippen LogP contribution in [0.25, 0.3) is 5.70 Å². The van der Waals surface area contributed by atoms with Crippen LogP contribution < -0.4 is 16.3 Å². The first-order valence-electron chi connectivity index (χ1n) is 11.6. The molecule has 0 aliphatic heterocycles. The summed E-state index contributed by atoms with van der Waals surface area (Å²) < 4.78 is 11.6. The van der Waals surface area contributed by atoms with Crippen LogP contribution in [0.15, 0.2) is 36.2 Å². The Balaban J connectivity index is 1.38. The molecule has 8 nitrogen and oxygen atoms in total. The van der Waals surface area contributed by atoms with Gasteiger partial charge in [0.15, 0.2) is 0 Å². The van der Waals surface area contributed by atoms with E-state index in [0.717, 1.165) is 19.3 Å². The normalized spacial score (nSPS) is 21.2. The number of allylic oxidation sites excluding steroid dienone is 1. The van der Waals surface area contributed by atoms with Crippen molar-refractivity contribution in [2.75, 3.05) is 20.7 Å². The van der Waals surface area contributed by atoms with E-state index in [1.807, 2.05) is 13.1 Å². The lowest BCUT2D eigenvalue weighted by Crippen LogP contribution is -2.41. The van der Waals surface area contributed by atoms with Crippen molar-refractivity contribution in [3.8, 4) is 5.75 Å². The third-order valence-corrected chi connectivity index (χ3v) is 6.55. The van der Waals surface area contributed by atoms with Crippen LogP contribution in [0.3, 0.4) is 0 Å². The van der Waals surface area contributed by atoms with E-state index >= 15 is 0 Å². The van der Waals surface area contributed by atoms with Crippen LogP contribution in [-0.2, 0) is 4.74 Å². The molecule has 1 unspecified atom stereocenters. The summed E-state index contributed by atoms with van der Waals surface area (Å²) in [5, 5.41) is 1.38. The lowest BCUT2D eigenvalue weighted by molar-refractivity contribution is 0.0901. The molecule has 1 heterocycles. The fourth-order valence-electron chi connectivity index (χ4n) is 4.44. The number of likely N-dealkylation sites (N-methyl/N-ethyl adjacent to an activating group) is 1. The first-order chi connectivity index (χ1) is 15.4. The van der Waals surface area contributed by atoms with Gasteiger partial charge in [0, 0.05) is 26.6 Å². The van der Waals surface area contributed by atoms with Gasteiger partial charge >= 0.3 is 6.09 Å². The number of nitrogens with zero attached hydrogens (tertiary/aromatic N) is 3. The van der Waals surface area contributed by atoms with Crippen LogP contribution in [0.1, 0.15) is 50.6 Å². The summed E-state index contributed by atoms with van der Waals surface area (Å²) in [7, 11) is 3.51. The molecule has 3 aliphatic carbocycles. The minimum absolute atomic E-state index is 0.0155. The Hall–Kier alpha value is -2.74. The summed E-state index contributed by atoms with van der Waals surface area (Å²) in [6.07, 6.45) is 13.6. The van der Waals surface area contributed by atoms with Crippen molar-refractivity contribution in [3.05, 3.63) is 41.9 Å². The number of hydrogen-bond acceptors (Lipinski definition) is 7. The molecule has 4 rings (SSSR count). The molecule has 0 bridgehead atoms. The highest BCUT2D eigenvalue weighted by Crippen LogP contribution is 2.47. The molecule has 0 aromatic carbocycles. The number of nitrogens with two attached hydrogens (primary N) is 2. The zero-order valence-corrected chi connectivity index (χ0v) is 19.1. The van der Waals surface area contributed by atoms with Gasteiger partial charge in [0.25, 0.3) is 0 Å². The molecular formula is C24H35N5O3. The molecule has 8 heteroatoms. The number of hydrogen-bond donors (Lipinski definition) is 2. The molecule has 2 fully saturated rings. The average Bonchev–Trinajstić information content (AvgIpc) is 3.70. The van der Waals surface area contributed by atoms with Crippen molar-refractivity contribution in [2.45, 2.75) is 57.1 Å². The number of carbonyl (C=O) groups excluding carboxylic acids is 1. The van der Waals surface area contributed by atoms with Crippen LogP contribution in [0, 0.1) is 11.8 Å². The van der Waals surface area contributed by atoms with E-state index < -0.39 is 0 Å². The summed E-state index contributed by atoms with van der Waals surface area (Å²) in [5.74, 6) is 7.95. The molecule has 4 N–H and O–H groups in total. The minimum Gasteiger partial charge on any atom is -0.488 e. The zero-order chi connectivity index (χ0) is 22.7. The first-order valence-corrected chi connectivity index (χ1v) is 11.6. The van der Waals surface area contributed by atoms with Crippen molar-refractivity contribution < 1.29 is 14.3 Å². The molecular weight excluding hydrogens is 406 g/mol. The van der Waals surface area contributed by atoms with E-state index in [4.69, 9.17) is 21.1 Å². The lowest BCUT2D eigenvalue weighted by Gasteiger charge is -2.28. The number of carbonyl (C=O) groups is 1. The van der Waals surface area contributed by atoms with E-state index in [1.165, 1.54) is 30.7 Å². The van der Waals surface area contributed by atoms with Crippen molar-refractivity contribution in [1.82, 2.24) is 14.9 Å². The molecule has 1 aromatic heterocycles. The van der Waals surface area contributed by atoms with Gasteiger partial charge < -0.3 is 25.1 Å². The molecule has 0 saturated heterocycles. The van der Waals surface area contributed by atoms with Crippen LogP contribution in [-0.4, -0.2) is 53.8 Å². The molecule has 3 aliphatic rings. The first kappa shape index (κ1) is 22.5. The summed E-state index contributed by atoms with van der Waals surface area (Å²) in [6, 6.07) is 3.95. The van der Waals surface area contributed by atoms with Crippen molar-refractivity contribution in [3.63, 3.8) is 0 Å². The topological polar surface area (TPSA) is 107 Å². The SMILES string of the molecule is CN(N)/C(COC(=O)N(C)C(C1CC1)C1CC1)=C(\N)c1ccc(OC2CC=CCC2)cn1.